The number of amides is 2. The molecule has 0 saturated heterocycles. The number of aryl methyl sites for hydroxylation is 1. The fourth-order valence-electron chi connectivity index (χ4n) is 3.17. The molecule has 0 aliphatic carbocycles. The largest absolute Gasteiger partial charge is 0.494 e. The van der Waals surface area contributed by atoms with Crippen molar-refractivity contribution in [3.8, 4) is 16.9 Å². The Kier molecular flexibility index (Phi) is 5.63. The number of benzene rings is 2. The van der Waals surface area contributed by atoms with Crippen LogP contribution in [0.4, 0.5) is 9.93 Å². The van der Waals surface area contributed by atoms with Crippen molar-refractivity contribution >= 4 is 32.7 Å². The van der Waals surface area contributed by atoms with Gasteiger partial charge in [0.15, 0.2) is 5.13 Å². The second-order valence-electron chi connectivity index (χ2n) is 6.97. The molecule has 0 fully saturated rings. The standard InChI is InChI=1S/C23H22N4O2S/c1-15-9-10-16(13-24-15)14-27(2)23(28)26-22-25-20-19(29-3)12-11-18(21(20)30-22)17-7-5-4-6-8-17/h4-13H,14H2,1-3H3,(H,25,26,28). The first kappa shape index (κ1) is 19.8. The van der Waals surface area contributed by atoms with Gasteiger partial charge in [-0.25, -0.2) is 9.78 Å². The van der Waals surface area contributed by atoms with Gasteiger partial charge in [0.2, 0.25) is 0 Å². The van der Waals surface area contributed by atoms with Gasteiger partial charge < -0.3 is 9.64 Å². The lowest BCUT2D eigenvalue weighted by Gasteiger charge is -2.16. The average Bonchev–Trinajstić information content (AvgIpc) is 3.18. The van der Waals surface area contributed by atoms with Crippen molar-refractivity contribution in [3.63, 3.8) is 0 Å². The smallest absolute Gasteiger partial charge is 0.323 e. The second-order valence-corrected chi connectivity index (χ2v) is 7.97. The average molecular weight is 419 g/mol. The molecule has 6 nitrogen and oxygen atoms in total. The number of aromatic nitrogens is 2. The van der Waals surface area contributed by atoms with E-state index in [1.165, 1.54) is 11.3 Å². The van der Waals surface area contributed by atoms with Gasteiger partial charge in [-0.1, -0.05) is 47.7 Å². The molecule has 2 amide bonds. The van der Waals surface area contributed by atoms with Gasteiger partial charge in [0.1, 0.15) is 11.3 Å². The summed E-state index contributed by atoms with van der Waals surface area (Å²) in [6.07, 6.45) is 1.79. The van der Waals surface area contributed by atoms with Crippen LogP contribution in [0.25, 0.3) is 21.3 Å². The Bertz CT molecular complexity index is 1170. The first-order chi connectivity index (χ1) is 14.5. The van der Waals surface area contributed by atoms with Gasteiger partial charge in [0, 0.05) is 31.0 Å². The molecule has 2 aromatic carbocycles. The number of nitrogens with zero attached hydrogens (tertiary/aromatic N) is 3. The van der Waals surface area contributed by atoms with Gasteiger partial charge in [0.05, 0.1) is 11.8 Å². The lowest BCUT2D eigenvalue weighted by Crippen LogP contribution is -2.30. The molecular weight excluding hydrogens is 396 g/mol. The highest BCUT2D eigenvalue weighted by Gasteiger charge is 2.17. The number of fused-ring (bicyclic) bond motifs is 1. The van der Waals surface area contributed by atoms with Crippen molar-refractivity contribution in [2.24, 2.45) is 0 Å². The molecule has 0 aliphatic heterocycles. The second kappa shape index (κ2) is 8.51. The summed E-state index contributed by atoms with van der Waals surface area (Å²) in [6, 6.07) is 17.7. The Morgan fingerprint density at radius 3 is 2.63 bits per heavy atom. The molecule has 0 unspecified atom stereocenters. The number of urea groups is 1. The van der Waals surface area contributed by atoms with E-state index in [2.05, 4.69) is 27.4 Å². The van der Waals surface area contributed by atoms with Gasteiger partial charge >= 0.3 is 6.03 Å². The Morgan fingerprint density at radius 1 is 1.13 bits per heavy atom. The van der Waals surface area contributed by atoms with Crippen LogP contribution in [0.15, 0.2) is 60.8 Å². The number of thiazole rings is 1. The summed E-state index contributed by atoms with van der Waals surface area (Å²) in [6.45, 7) is 2.40. The molecule has 152 valence electrons. The summed E-state index contributed by atoms with van der Waals surface area (Å²) in [5.41, 5.74) is 4.81. The van der Waals surface area contributed by atoms with Crippen LogP contribution in [0.2, 0.25) is 0 Å². The number of carbonyl (C=O) groups excluding carboxylic acids is 1. The molecule has 0 aliphatic rings. The fourth-order valence-corrected chi connectivity index (χ4v) is 4.18. The SMILES string of the molecule is COc1ccc(-c2ccccc2)c2sc(NC(=O)N(C)Cc3ccc(C)nc3)nc12. The Hall–Kier alpha value is -3.45. The third kappa shape index (κ3) is 4.11. The van der Waals surface area contributed by atoms with Crippen LogP contribution in [0.1, 0.15) is 11.3 Å². The number of ether oxygens (including phenoxy) is 1. The predicted octanol–water partition coefficient (Wildman–Crippen LogP) is 5.34. The van der Waals surface area contributed by atoms with Crippen molar-refractivity contribution in [3.05, 3.63) is 72.1 Å². The quantitative estimate of drug-likeness (QED) is 0.475. The van der Waals surface area contributed by atoms with Crippen LogP contribution in [-0.4, -0.2) is 35.1 Å². The maximum Gasteiger partial charge on any atom is 0.323 e. The molecule has 0 spiro atoms. The van der Waals surface area contributed by atoms with Crippen molar-refractivity contribution in [1.82, 2.24) is 14.9 Å². The van der Waals surface area contributed by atoms with E-state index in [0.29, 0.717) is 17.4 Å². The highest BCUT2D eigenvalue weighted by Crippen LogP contribution is 2.39. The van der Waals surface area contributed by atoms with Crippen LogP contribution in [0, 0.1) is 6.92 Å². The summed E-state index contributed by atoms with van der Waals surface area (Å²) in [5, 5.41) is 3.44. The number of anilines is 1. The molecule has 1 N–H and O–H groups in total. The fraction of sp³-hybridized carbons (Fsp3) is 0.174. The van der Waals surface area contributed by atoms with Crippen LogP contribution >= 0.6 is 11.3 Å². The molecule has 30 heavy (non-hydrogen) atoms. The Balaban J connectivity index is 1.59. The van der Waals surface area contributed by atoms with Gasteiger partial charge in [-0.2, -0.15) is 0 Å². The van der Waals surface area contributed by atoms with Gasteiger partial charge in [0.25, 0.3) is 0 Å². The van der Waals surface area contributed by atoms with Gasteiger partial charge in [-0.3, -0.25) is 10.3 Å². The van der Waals surface area contributed by atoms with Crippen molar-refractivity contribution < 1.29 is 9.53 Å². The van der Waals surface area contributed by atoms with Crippen LogP contribution < -0.4 is 10.1 Å². The van der Waals surface area contributed by atoms with Crippen LogP contribution in [-0.2, 0) is 6.54 Å². The lowest BCUT2D eigenvalue weighted by molar-refractivity contribution is 0.220. The zero-order valence-corrected chi connectivity index (χ0v) is 17.9. The zero-order valence-electron chi connectivity index (χ0n) is 17.0. The first-order valence-electron chi connectivity index (χ1n) is 9.52. The molecule has 4 aromatic rings. The molecular formula is C23H22N4O2S. The molecule has 2 aromatic heterocycles. The third-order valence-electron chi connectivity index (χ3n) is 4.76. The molecule has 0 atom stereocenters. The minimum Gasteiger partial charge on any atom is -0.494 e. The van der Waals surface area contributed by atoms with E-state index in [1.807, 2.05) is 49.4 Å². The van der Waals surface area contributed by atoms with E-state index in [9.17, 15) is 4.79 Å². The molecule has 7 heteroatoms. The predicted molar refractivity (Wildman–Crippen MR) is 121 cm³/mol. The number of methoxy groups -OCH3 is 1. The molecule has 2 heterocycles. The van der Waals surface area contributed by atoms with E-state index >= 15 is 0 Å². The highest BCUT2D eigenvalue weighted by atomic mass is 32.1. The van der Waals surface area contributed by atoms with Gasteiger partial charge in [-0.15, -0.1) is 0 Å². The maximum atomic E-state index is 12.7. The minimum atomic E-state index is -0.227. The summed E-state index contributed by atoms with van der Waals surface area (Å²) in [7, 11) is 3.37. The first-order valence-corrected chi connectivity index (χ1v) is 10.3. The number of hydrogen-bond donors (Lipinski definition) is 1. The Morgan fingerprint density at radius 2 is 1.93 bits per heavy atom. The van der Waals surface area contributed by atoms with E-state index in [-0.39, 0.29) is 6.03 Å². The lowest BCUT2D eigenvalue weighted by atomic mass is 10.1. The maximum absolute atomic E-state index is 12.7. The van der Waals surface area contributed by atoms with E-state index in [0.717, 1.165) is 32.6 Å². The monoisotopic (exact) mass is 418 g/mol. The van der Waals surface area contributed by atoms with Crippen molar-refractivity contribution in [1.29, 1.82) is 0 Å². The summed E-state index contributed by atoms with van der Waals surface area (Å²) in [5.74, 6) is 0.681. The van der Waals surface area contributed by atoms with Gasteiger partial charge in [-0.05, 0) is 36.2 Å². The minimum absolute atomic E-state index is 0.227. The highest BCUT2D eigenvalue weighted by molar-refractivity contribution is 7.23. The summed E-state index contributed by atoms with van der Waals surface area (Å²) >= 11 is 1.44. The number of hydrogen-bond acceptors (Lipinski definition) is 5. The molecule has 0 saturated carbocycles. The van der Waals surface area contributed by atoms with Crippen LogP contribution in [0.5, 0.6) is 5.75 Å². The number of rotatable bonds is 5. The molecule has 0 radical (unpaired) electrons. The summed E-state index contributed by atoms with van der Waals surface area (Å²) in [4.78, 5) is 23.2. The molecule has 0 bridgehead atoms. The van der Waals surface area contributed by atoms with Crippen molar-refractivity contribution in [2.45, 2.75) is 13.5 Å². The number of carbonyl (C=O) groups is 1. The normalized spacial score (nSPS) is 10.8. The Labute approximate surface area is 179 Å². The van der Waals surface area contributed by atoms with Crippen LogP contribution in [0.3, 0.4) is 0 Å². The third-order valence-corrected chi connectivity index (χ3v) is 5.77. The topological polar surface area (TPSA) is 67.3 Å². The van der Waals surface area contributed by atoms with E-state index in [4.69, 9.17) is 4.74 Å². The molecule has 4 rings (SSSR count). The van der Waals surface area contributed by atoms with E-state index in [1.54, 1.807) is 25.3 Å². The number of pyridine rings is 1. The summed E-state index contributed by atoms with van der Waals surface area (Å²) < 4.78 is 6.46. The van der Waals surface area contributed by atoms with Crippen molar-refractivity contribution in [2.75, 3.05) is 19.5 Å². The van der Waals surface area contributed by atoms with E-state index < -0.39 is 0 Å². The number of nitrogens with one attached hydrogen (secondary N) is 1. The zero-order chi connectivity index (χ0) is 21.1.